The summed E-state index contributed by atoms with van der Waals surface area (Å²) in [5.74, 6) is -0.438. The van der Waals surface area contributed by atoms with Gasteiger partial charge in [0.2, 0.25) is 5.91 Å². The van der Waals surface area contributed by atoms with Gasteiger partial charge in [-0.3, -0.25) is 9.59 Å². The zero-order valence-corrected chi connectivity index (χ0v) is 13.9. The molecule has 1 N–H and O–H groups in total. The minimum absolute atomic E-state index is 0.0343. The minimum atomic E-state index is -0.586. The van der Waals surface area contributed by atoms with Gasteiger partial charge in [-0.1, -0.05) is 30.3 Å². The molecule has 5 nitrogen and oxygen atoms in total. The Morgan fingerprint density at radius 3 is 2.40 bits per heavy atom. The summed E-state index contributed by atoms with van der Waals surface area (Å²) in [7, 11) is 1.28. The van der Waals surface area contributed by atoms with E-state index in [-0.39, 0.29) is 31.2 Å². The molecular weight excluding hydrogens is 325 g/mol. The van der Waals surface area contributed by atoms with Crippen LogP contribution in [0.3, 0.4) is 0 Å². The van der Waals surface area contributed by atoms with Crippen LogP contribution in [-0.2, 0) is 14.3 Å². The van der Waals surface area contributed by atoms with Crippen molar-refractivity contribution in [1.82, 2.24) is 5.32 Å². The van der Waals surface area contributed by atoms with E-state index in [4.69, 9.17) is 4.74 Å². The standard InChI is InChI=1S/C19H20FNO4/c1-24-19(23)13-17(14-7-9-15(20)10-8-14)21-18(22)11-12-25-16-5-3-2-4-6-16/h2-10,17H,11-13H2,1H3,(H,21,22)/t17-/m0/s1. The van der Waals surface area contributed by atoms with Gasteiger partial charge in [-0.25, -0.2) is 4.39 Å². The molecule has 0 bridgehead atoms. The monoisotopic (exact) mass is 345 g/mol. The lowest BCUT2D eigenvalue weighted by molar-refractivity contribution is -0.141. The molecule has 6 heteroatoms. The van der Waals surface area contributed by atoms with E-state index >= 15 is 0 Å². The van der Waals surface area contributed by atoms with Crippen LogP contribution in [0.4, 0.5) is 4.39 Å². The first-order valence-corrected chi connectivity index (χ1v) is 7.88. The van der Waals surface area contributed by atoms with Gasteiger partial charge in [0.15, 0.2) is 0 Å². The number of hydrogen-bond donors (Lipinski definition) is 1. The van der Waals surface area contributed by atoms with Gasteiger partial charge in [0.05, 0.1) is 32.6 Å². The van der Waals surface area contributed by atoms with Crippen molar-refractivity contribution in [2.24, 2.45) is 0 Å². The molecular formula is C19H20FNO4. The van der Waals surface area contributed by atoms with Gasteiger partial charge >= 0.3 is 5.97 Å². The lowest BCUT2D eigenvalue weighted by Crippen LogP contribution is -2.31. The normalized spacial score (nSPS) is 11.4. The maximum Gasteiger partial charge on any atom is 0.307 e. The Bertz CT molecular complexity index is 688. The second-order valence-electron chi connectivity index (χ2n) is 5.36. The number of nitrogens with one attached hydrogen (secondary N) is 1. The van der Waals surface area contributed by atoms with E-state index in [0.29, 0.717) is 11.3 Å². The number of methoxy groups -OCH3 is 1. The van der Waals surface area contributed by atoms with Gasteiger partial charge < -0.3 is 14.8 Å². The number of rotatable bonds is 8. The zero-order chi connectivity index (χ0) is 18.1. The van der Waals surface area contributed by atoms with E-state index in [1.54, 1.807) is 12.1 Å². The van der Waals surface area contributed by atoms with Crippen LogP contribution in [-0.4, -0.2) is 25.6 Å². The summed E-state index contributed by atoms with van der Waals surface area (Å²) < 4.78 is 23.2. The Kier molecular flexibility index (Phi) is 6.95. The molecule has 2 rings (SSSR count). The van der Waals surface area contributed by atoms with E-state index in [1.807, 2.05) is 18.2 Å². The molecule has 0 spiro atoms. The first-order valence-electron chi connectivity index (χ1n) is 7.88. The second kappa shape index (κ2) is 9.42. The third kappa shape index (κ3) is 6.25. The molecule has 0 saturated heterocycles. The molecule has 1 amide bonds. The van der Waals surface area contributed by atoms with Crippen LogP contribution in [0.2, 0.25) is 0 Å². The van der Waals surface area contributed by atoms with Gasteiger partial charge in [0.1, 0.15) is 11.6 Å². The van der Waals surface area contributed by atoms with E-state index in [0.717, 1.165) is 0 Å². The number of carbonyl (C=O) groups is 2. The predicted octanol–water partition coefficient (Wildman–Crippen LogP) is 3.02. The molecule has 0 radical (unpaired) electrons. The molecule has 0 fully saturated rings. The maximum atomic E-state index is 13.1. The fourth-order valence-corrected chi connectivity index (χ4v) is 2.24. The number of hydrogen-bond acceptors (Lipinski definition) is 4. The molecule has 0 aliphatic rings. The van der Waals surface area contributed by atoms with Crippen molar-refractivity contribution in [3.05, 3.63) is 66.0 Å². The summed E-state index contributed by atoms with van der Waals surface area (Å²) in [6, 6.07) is 14.2. The average Bonchev–Trinajstić information content (AvgIpc) is 2.62. The Hall–Kier alpha value is -2.89. The lowest BCUT2D eigenvalue weighted by Gasteiger charge is -2.18. The van der Waals surface area contributed by atoms with Crippen molar-refractivity contribution < 1.29 is 23.5 Å². The fourth-order valence-electron chi connectivity index (χ4n) is 2.24. The minimum Gasteiger partial charge on any atom is -0.493 e. The number of halogens is 1. The van der Waals surface area contributed by atoms with Crippen molar-refractivity contribution >= 4 is 11.9 Å². The first-order chi connectivity index (χ1) is 12.1. The molecule has 1 atom stereocenters. The first kappa shape index (κ1) is 18.4. The van der Waals surface area contributed by atoms with E-state index in [9.17, 15) is 14.0 Å². The molecule has 0 saturated carbocycles. The van der Waals surface area contributed by atoms with Crippen molar-refractivity contribution in [3.8, 4) is 5.75 Å². The van der Waals surface area contributed by atoms with Gasteiger partial charge in [-0.05, 0) is 29.8 Å². The number of carbonyl (C=O) groups excluding carboxylic acids is 2. The highest BCUT2D eigenvalue weighted by molar-refractivity contribution is 5.78. The van der Waals surface area contributed by atoms with Crippen molar-refractivity contribution in [2.45, 2.75) is 18.9 Å². The number of para-hydroxylation sites is 1. The Labute approximate surface area is 145 Å². The largest absolute Gasteiger partial charge is 0.493 e. The van der Waals surface area contributed by atoms with Crippen LogP contribution in [0.5, 0.6) is 5.75 Å². The Morgan fingerprint density at radius 1 is 1.08 bits per heavy atom. The predicted molar refractivity (Wildman–Crippen MR) is 90.5 cm³/mol. The summed E-state index contributed by atoms with van der Waals surface area (Å²) in [5, 5.41) is 2.76. The van der Waals surface area contributed by atoms with Gasteiger partial charge in [0, 0.05) is 0 Å². The summed E-state index contributed by atoms with van der Waals surface area (Å²) in [6.45, 7) is 0.213. The maximum absolute atomic E-state index is 13.1. The van der Waals surface area contributed by atoms with E-state index < -0.39 is 12.0 Å². The van der Waals surface area contributed by atoms with E-state index in [2.05, 4.69) is 10.1 Å². The van der Waals surface area contributed by atoms with Crippen LogP contribution >= 0.6 is 0 Å². The molecule has 2 aromatic rings. The molecule has 2 aromatic carbocycles. The molecule has 0 aromatic heterocycles. The van der Waals surface area contributed by atoms with Crippen molar-refractivity contribution in [2.75, 3.05) is 13.7 Å². The van der Waals surface area contributed by atoms with E-state index in [1.165, 1.54) is 31.4 Å². The van der Waals surface area contributed by atoms with Crippen molar-refractivity contribution in [1.29, 1.82) is 0 Å². The zero-order valence-electron chi connectivity index (χ0n) is 13.9. The average molecular weight is 345 g/mol. The topological polar surface area (TPSA) is 64.6 Å². The molecule has 0 aliphatic heterocycles. The molecule has 132 valence electrons. The van der Waals surface area contributed by atoms with Crippen LogP contribution in [0.1, 0.15) is 24.4 Å². The number of ether oxygens (including phenoxy) is 2. The van der Waals surface area contributed by atoms with Crippen LogP contribution < -0.4 is 10.1 Å². The Balaban J connectivity index is 1.92. The van der Waals surface area contributed by atoms with Gasteiger partial charge in [-0.15, -0.1) is 0 Å². The smallest absolute Gasteiger partial charge is 0.307 e. The van der Waals surface area contributed by atoms with Gasteiger partial charge in [-0.2, -0.15) is 0 Å². The lowest BCUT2D eigenvalue weighted by atomic mass is 10.0. The van der Waals surface area contributed by atoms with Crippen molar-refractivity contribution in [3.63, 3.8) is 0 Å². The Morgan fingerprint density at radius 2 is 1.76 bits per heavy atom. The molecule has 0 unspecified atom stereocenters. The molecule has 25 heavy (non-hydrogen) atoms. The third-order valence-electron chi connectivity index (χ3n) is 3.55. The summed E-state index contributed by atoms with van der Waals surface area (Å²) in [5.41, 5.74) is 0.629. The van der Waals surface area contributed by atoms with Gasteiger partial charge in [0.25, 0.3) is 0 Å². The highest BCUT2D eigenvalue weighted by Gasteiger charge is 2.19. The number of amides is 1. The summed E-state index contributed by atoms with van der Waals surface area (Å²) in [4.78, 5) is 23.7. The third-order valence-corrected chi connectivity index (χ3v) is 3.55. The SMILES string of the molecule is COC(=O)C[C@H](NC(=O)CCOc1ccccc1)c1ccc(F)cc1. The highest BCUT2D eigenvalue weighted by Crippen LogP contribution is 2.18. The quantitative estimate of drug-likeness (QED) is 0.747. The van der Waals surface area contributed by atoms with Crippen LogP contribution in [0.15, 0.2) is 54.6 Å². The fraction of sp³-hybridized carbons (Fsp3) is 0.263. The molecule has 0 heterocycles. The highest BCUT2D eigenvalue weighted by atomic mass is 19.1. The molecule has 0 aliphatic carbocycles. The summed E-state index contributed by atoms with van der Waals surface area (Å²) in [6.07, 6.45) is 0.0984. The number of benzene rings is 2. The van der Waals surface area contributed by atoms with Crippen LogP contribution in [0, 0.1) is 5.82 Å². The number of esters is 1. The summed E-state index contributed by atoms with van der Waals surface area (Å²) >= 11 is 0. The van der Waals surface area contributed by atoms with Crippen LogP contribution in [0.25, 0.3) is 0 Å². The second-order valence-corrected chi connectivity index (χ2v) is 5.36.